The highest BCUT2D eigenvalue weighted by atomic mass is 35.5. The van der Waals surface area contributed by atoms with Gasteiger partial charge in [-0.25, -0.2) is 23.3 Å². The maximum atomic E-state index is 14.0. The number of alkyl halides is 5. The topological polar surface area (TPSA) is 133 Å². The third-order valence-corrected chi connectivity index (χ3v) is 7.26. The van der Waals surface area contributed by atoms with Gasteiger partial charge in [0.05, 0.1) is 11.9 Å². The first-order valence-electron chi connectivity index (χ1n) is 11.1. The number of nitrogens with zero attached hydrogens (tertiary/aromatic N) is 6. The number of amides is 2. The standard InChI is InChI=1S/C23H17ClF4N8O2S/c1-8-4-14(23(24,27)28)36-15(31-8)6-13(34-36)21(38)33-17-16-10(11-7-30-35(3)9(11)2)5-12(19(25)26)32-22(16)39-18(17)20(29)37/h4-7,19H,1-3H3,(H2,29,37)(H,33,38). The number of carbonyl (C=O) groups is 2. The van der Waals surface area contributed by atoms with E-state index in [-0.39, 0.29) is 43.4 Å². The number of aromatic nitrogens is 6. The minimum absolute atomic E-state index is 0.0199. The Morgan fingerprint density at radius 3 is 2.46 bits per heavy atom. The number of nitrogens with one attached hydrogen (secondary N) is 1. The Balaban J connectivity index is 1.70. The van der Waals surface area contributed by atoms with Crippen molar-refractivity contribution in [2.75, 3.05) is 5.32 Å². The van der Waals surface area contributed by atoms with Gasteiger partial charge in [-0.2, -0.15) is 19.0 Å². The lowest BCUT2D eigenvalue weighted by Gasteiger charge is -2.11. The first kappa shape index (κ1) is 26.5. The number of carbonyl (C=O) groups excluding carboxylic acids is 2. The van der Waals surface area contributed by atoms with Crippen LogP contribution < -0.4 is 11.1 Å². The van der Waals surface area contributed by atoms with E-state index < -0.39 is 35.0 Å². The lowest BCUT2D eigenvalue weighted by Crippen LogP contribution is -2.18. The van der Waals surface area contributed by atoms with Crippen molar-refractivity contribution in [2.24, 2.45) is 12.8 Å². The average molecular weight is 581 g/mol. The second-order valence-electron chi connectivity index (χ2n) is 8.55. The van der Waals surface area contributed by atoms with Gasteiger partial charge in [-0.3, -0.25) is 14.3 Å². The summed E-state index contributed by atoms with van der Waals surface area (Å²) in [5.41, 5.74) is 5.32. The van der Waals surface area contributed by atoms with Crippen LogP contribution >= 0.6 is 22.9 Å². The SMILES string of the molecule is Cc1cc(C(F)(F)Cl)n2nc(C(=O)Nc3c(C(N)=O)sc4nc(C(F)F)cc(-c5cnn(C)c5C)c34)cc2n1. The van der Waals surface area contributed by atoms with Crippen LogP contribution in [0.5, 0.6) is 0 Å². The van der Waals surface area contributed by atoms with Crippen molar-refractivity contribution in [1.82, 2.24) is 29.4 Å². The molecule has 0 aromatic carbocycles. The molecule has 2 amide bonds. The average Bonchev–Trinajstić information content (AvgIpc) is 3.53. The molecule has 10 nitrogen and oxygen atoms in total. The lowest BCUT2D eigenvalue weighted by molar-refractivity contribution is 0.0867. The molecule has 0 fully saturated rings. The summed E-state index contributed by atoms with van der Waals surface area (Å²) in [6, 6.07) is 3.34. The van der Waals surface area contributed by atoms with E-state index in [4.69, 9.17) is 17.3 Å². The Morgan fingerprint density at radius 1 is 1.15 bits per heavy atom. The fourth-order valence-electron chi connectivity index (χ4n) is 4.09. The van der Waals surface area contributed by atoms with E-state index in [1.807, 2.05) is 0 Å². The lowest BCUT2D eigenvalue weighted by atomic mass is 10.0. The summed E-state index contributed by atoms with van der Waals surface area (Å²) in [6.45, 7) is 3.18. The van der Waals surface area contributed by atoms with Crippen LogP contribution in [0.1, 0.15) is 49.4 Å². The molecule has 0 saturated heterocycles. The van der Waals surface area contributed by atoms with Gasteiger partial charge < -0.3 is 11.1 Å². The van der Waals surface area contributed by atoms with E-state index >= 15 is 0 Å². The quantitative estimate of drug-likeness (QED) is 0.216. The van der Waals surface area contributed by atoms with Gasteiger partial charge >= 0.3 is 5.38 Å². The minimum atomic E-state index is -3.81. The van der Waals surface area contributed by atoms with Gasteiger partial charge in [-0.15, -0.1) is 11.3 Å². The van der Waals surface area contributed by atoms with Crippen LogP contribution in [0.4, 0.5) is 23.2 Å². The van der Waals surface area contributed by atoms with E-state index in [1.165, 1.54) is 17.8 Å². The molecule has 5 heterocycles. The number of primary amides is 1. The molecule has 0 unspecified atom stereocenters. The molecule has 5 aromatic heterocycles. The summed E-state index contributed by atoms with van der Waals surface area (Å²) >= 11 is 5.94. The number of aryl methyl sites for hydroxylation is 2. The molecule has 16 heteroatoms. The van der Waals surface area contributed by atoms with E-state index in [2.05, 4.69) is 25.5 Å². The molecule has 3 N–H and O–H groups in total. The maximum absolute atomic E-state index is 14.0. The van der Waals surface area contributed by atoms with E-state index in [0.717, 1.165) is 34.1 Å². The summed E-state index contributed by atoms with van der Waals surface area (Å²) in [6.07, 6.45) is -1.47. The molecule has 0 aliphatic carbocycles. The van der Waals surface area contributed by atoms with Crippen molar-refractivity contribution in [3.05, 3.63) is 57.7 Å². The van der Waals surface area contributed by atoms with Gasteiger partial charge in [0.15, 0.2) is 11.3 Å². The smallest absolute Gasteiger partial charge is 0.364 e. The van der Waals surface area contributed by atoms with Crippen molar-refractivity contribution in [3.63, 3.8) is 0 Å². The summed E-state index contributed by atoms with van der Waals surface area (Å²) in [7, 11) is 1.66. The van der Waals surface area contributed by atoms with Gasteiger partial charge in [0, 0.05) is 35.5 Å². The van der Waals surface area contributed by atoms with Crippen molar-refractivity contribution < 1.29 is 27.2 Å². The van der Waals surface area contributed by atoms with Gasteiger partial charge in [-0.1, -0.05) is 0 Å². The van der Waals surface area contributed by atoms with Crippen LogP contribution in [0.2, 0.25) is 0 Å². The van der Waals surface area contributed by atoms with E-state index in [1.54, 1.807) is 14.0 Å². The summed E-state index contributed by atoms with van der Waals surface area (Å²) in [5, 5.41) is 6.99. The van der Waals surface area contributed by atoms with Gasteiger partial charge in [0.1, 0.15) is 21.1 Å². The van der Waals surface area contributed by atoms with Crippen molar-refractivity contribution in [3.8, 4) is 11.1 Å². The number of pyridine rings is 1. The number of nitrogens with two attached hydrogens (primary N) is 1. The zero-order chi connectivity index (χ0) is 28.4. The first-order chi connectivity index (χ1) is 18.3. The fraction of sp³-hybridized carbons (Fsp3) is 0.217. The van der Waals surface area contributed by atoms with Crippen LogP contribution in [0.25, 0.3) is 27.0 Å². The number of anilines is 1. The molecule has 0 atom stereocenters. The number of hydrogen-bond acceptors (Lipinski definition) is 7. The maximum Gasteiger partial charge on any atom is 0.364 e. The zero-order valence-corrected chi connectivity index (χ0v) is 21.8. The number of fused-ring (bicyclic) bond motifs is 2. The van der Waals surface area contributed by atoms with Crippen LogP contribution in [0.15, 0.2) is 24.4 Å². The highest BCUT2D eigenvalue weighted by molar-refractivity contribution is 7.21. The molecule has 0 saturated carbocycles. The Morgan fingerprint density at radius 2 is 1.87 bits per heavy atom. The Bertz CT molecular complexity index is 1810. The van der Waals surface area contributed by atoms with Crippen LogP contribution in [-0.2, 0) is 12.4 Å². The molecular weight excluding hydrogens is 564 g/mol. The minimum Gasteiger partial charge on any atom is -0.365 e. The molecular formula is C23H17ClF4N8O2S. The van der Waals surface area contributed by atoms with Crippen molar-refractivity contribution >= 4 is 56.3 Å². The predicted molar refractivity (Wildman–Crippen MR) is 135 cm³/mol. The zero-order valence-electron chi connectivity index (χ0n) is 20.3. The number of thiophene rings is 1. The molecule has 0 bridgehead atoms. The molecule has 5 aromatic rings. The Labute approximate surface area is 225 Å². The van der Waals surface area contributed by atoms with Gasteiger partial charge in [-0.05, 0) is 43.1 Å². The highest BCUT2D eigenvalue weighted by Crippen LogP contribution is 2.43. The Hall–Kier alpha value is -4.11. The highest BCUT2D eigenvalue weighted by Gasteiger charge is 2.33. The third-order valence-electron chi connectivity index (χ3n) is 5.97. The third kappa shape index (κ3) is 4.57. The first-order valence-corrected chi connectivity index (χ1v) is 12.3. The predicted octanol–water partition coefficient (Wildman–Crippen LogP) is 4.93. The van der Waals surface area contributed by atoms with E-state index in [9.17, 15) is 27.2 Å². The fourth-order valence-corrected chi connectivity index (χ4v) is 5.24. The second kappa shape index (κ2) is 9.27. The molecule has 0 aliphatic heterocycles. The van der Waals surface area contributed by atoms with Gasteiger partial charge in [0.2, 0.25) is 0 Å². The second-order valence-corrected chi connectivity index (χ2v) is 10.0. The van der Waals surface area contributed by atoms with Crippen LogP contribution in [0.3, 0.4) is 0 Å². The van der Waals surface area contributed by atoms with Crippen molar-refractivity contribution in [2.45, 2.75) is 25.7 Å². The van der Waals surface area contributed by atoms with E-state index in [0.29, 0.717) is 11.3 Å². The summed E-state index contributed by atoms with van der Waals surface area (Å²) in [5.74, 6) is -1.85. The van der Waals surface area contributed by atoms with Gasteiger partial charge in [0.25, 0.3) is 18.2 Å². The molecule has 39 heavy (non-hydrogen) atoms. The normalized spacial score (nSPS) is 12.1. The summed E-state index contributed by atoms with van der Waals surface area (Å²) in [4.78, 5) is 33.6. The van der Waals surface area contributed by atoms with Crippen LogP contribution in [-0.4, -0.2) is 41.2 Å². The number of halogens is 5. The monoisotopic (exact) mass is 580 g/mol. The van der Waals surface area contributed by atoms with Crippen LogP contribution in [0, 0.1) is 13.8 Å². The summed E-state index contributed by atoms with van der Waals surface area (Å²) < 4.78 is 57.7. The molecule has 202 valence electrons. The number of hydrogen-bond donors (Lipinski definition) is 2. The molecule has 0 radical (unpaired) electrons. The largest absolute Gasteiger partial charge is 0.365 e. The molecule has 0 spiro atoms. The number of rotatable bonds is 6. The Kier molecular flexibility index (Phi) is 6.30. The molecule has 5 rings (SSSR count). The van der Waals surface area contributed by atoms with Crippen molar-refractivity contribution in [1.29, 1.82) is 0 Å². The molecule has 0 aliphatic rings.